The van der Waals surface area contributed by atoms with E-state index >= 15 is 0 Å². The quantitative estimate of drug-likeness (QED) is 0.549. The molecule has 2 aliphatic heterocycles. The van der Waals surface area contributed by atoms with Crippen molar-refractivity contribution < 1.29 is 19.1 Å². The molecule has 6 nitrogen and oxygen atoms in total. The van der Waals surface area contributed by atoms with Crippen LogP contribution in [0, 0.1) is 11.8 Å². The van der Waals surface area contributed by atoms with Gasteiger partial charge in [0, 0.05) is 22.2 Å². The summed E-state index contributed by atoms with van der Waals surface area (Å²) in [5.41, 5.74) is -0.419. The second-order valence-electron chi connectivity index (χ2n) is 11.3. The molecule has 0 spiro atoms. The SMILES string of the molecule is CC1(C)CC(C(=O)OCCOC(=O)C2CC(C)(C)NC(C)(C)C2)CC(C)(C)N1. The van der Waals surface area contributed by atoms with Gasteiger partial charge in [-0.1, -0.05) is 0 Å². The molecular weight excluding hydrogens is 356 g/mol. The van der Waals surface area contributed by atoms with Gasteiger partial charge in [0.2, 0.25) is 0 Å². The van der Waals surface area contributed by atoms with Crippen LogP contribution < -0.4 is 10.6 Å². The van der Waals surface area contributed by atoms with E-state index in [9.17, 15) is 9.59 Å². The maximum absolute atomic E-state index is 12.5. The van der Waals surface area contributed by atoms with Gasteiger partial charge >= 0.3 is 11.9 Å². The molecule has 28 heavy (non-hydrogen) atoms. The van der Waals surface area contributed by atoms with Crippen LogP contribution in [0.3, 0.4) is 0 Å². The first-order valence-corrected chi connectivity index (χ1v) is 10.5. The Morgan fingerprint density at radius 1 is 0.643 bits per heavy atom. The molecule has 0 saturated carbocycles. The molecule has 162 valence electrons. The Balaban J connectivity index is 1.78. The van der Waals surface area contributed by atoms with Crippen molar-refractivity contribution in [2.45, 2.75) is 103 Å². The summed E-state index contributed by atoms with van der Waals surface area (Å²) in [4.78, 5) is 25.0. The molecule has 2 N–H and O–H groups in total. The molecule has 0 bridgehead atoms. The molecule has 2 rings (SSSR count). The Kier molecular flexibility index (Phi) is 6.56. The topological polar surface area (TPSA) is 76.7 Å². The van der Waals surface area contributed by atoms with Crippen molar-refractivity contribution in [2.75, 3.05) is 13.2 Å². The molecule has 2 saturated heterocycles. The number of hydrogen-bond donors (Lipinski definition) is 2. The standard InChI is InChI=1S/C22H40N2O4/c1-19(2)11-15(12-20(3,4)23-19)17(25)27-9-10-28-18(26)16-13-21(5,6)24-22(7,8)14-16/h15-16,23-24H,9-14H2,1-8H3. The molecule has 2 fully saturated rings. The lowest BCUT2D eigenvalue weighted by atomic mass is 9.76. The smallest absolute Gasteiger partial charge is 0.309 e. The second kappa shape index (κ2) is 7.94. The van der Waals surface area contributed by atoms with Crippen molar-refractivity contribution in [3.05, 3.63) is 0 Å². The molecule has 0 aromatic heterocycles. The van der Waals surface area contributed by atoms with Crippen molar-refractivity contribution >= 4 is 11.9 Å². The van der Waals surface area contributed by atoms with Gasteiger partial charge in [-0.2, -0.15) is 0 Å². The van der Waals surface area contributed by atoms with E-state index < -0.39 is 0 Å². The number of nitrogens with one attached hydrogen (secondary N) is 2. The van der Waals surface area contributed by atoms with Crippen molar-refractivity contribution in [3.63, 3.8) is 0 Å². The zero-order chi connectivity index (χ0) is 21.4. The summed E-state index contributed by atoms with van der Waals surface area (Å²) in [5.74, 6) is -0.647. The Labute approximate surface area is 170 Å². The Bertz CT molecular complexity index is 511. The van der Waals surface area contributed by atoms with Gasteiger partial charge in [0.25, 0.3) is 0 Å². The third kappa shape index (κ3) is 6.73. The predicted octanol–water partition coefficient (Wildman–Crippen LogP) is 3.19. The third-order valence-electron chi connectivity index (χ3n) is 5.62. The van der Waals surface area contributed by atoms with Crippen LogP contribution in [0.2, 0.25) is 0 Å². The van der Waals surface area contributed by atoms with Crippen LogP contribution >= 0.6 is 0 Å². The number of carbonyl (C=O) groups is 2. The number of rotatable bonds is 5. The average Bonchev–Trinajstić information content (AvgIpc) is 2.44. The summed E-state index contributed by atoms with van der Waals surface area (Å²) < 4.78 is 10.9. The van der Waals surface area contributed by atoms with Gasteiger partial charge in [0.15, 0.2) is 0 Å². The lowest BCUT2D eigenvalue weighted by molar-refractivity contribution is -0.160. The van der Waals surface area contributed by atoms with E-state index in [1.807, 2.05) is 0 Å². The molecule has 0 aromatic carbocycles. The van der Waals surface area contributed by atoms with Gasteiger partial charge in [0.05, 0.1) is 11.8 Å². The van der Waals surface area contributed by atoms with Crippen LogP contribution in [0.1, 0.15) is 81.1 Å². The highest BCUT2D eigenvalue weighted by atomic mass is 16.6. The molecule has 0 amide bonds. The van der Waals surface area contributed by atoms with Gasteiger partial charge in [-0.25, -0.2) is 0 Å². The number of carbonyl (C=O) groups excluding carboxylic acids is 2. The fourth-order valence-electron chi connectivity index (χ4n) is 5.50. The second-order valence-corrected chi connectivity index (χ2v) is 11.3. The molecule has 6 heteroatoms. The van der Waals surface area contributed by atoms with E-state index in [4.69, 9.17) is 9.47 Å². The first-order valence-electron chi connectivity index (χ1n) is 10.5. The van der Waals surface area contributed by atoms with Gasteiger partial charge < -0.3 is 20.1 Å². The molecular formula is C22H40N2O4. The summed E-state index contributed by atoms with van der Waals surface area (Å²) >= 11 is 0. The minimum absolute atomic E-state index is 0.105. The first-order chi connectivity index (χ1) is 12.6. The first kappa shape index (κ1) is 23.1. The maximum atomic E-state index is 12.5. The number of piperidine rings is 2. The summed E-state index contributed by atoms with van der Waals surface area (Å²) in [6.07, 6.45) is 2.98. The van der Waals surface area contributed by atoms with Crippen LogP contribution in [0.25, 0.3) is 0 Å². The van der Waals surface area contributed by atoms with Crippen molar-refractivity contribution in [1.82, 2.24) is 10.6 Å². The summed E-state index contributed by atoms with van der Waals surface area (Å²) in [6, 6.07) is 0. The third-order valence-corrected chi connectivity index (χ3v) is 5.62. The van der Waals surface area contributed by atoms with Gasteiger partial charge in [-0.15, -0.1) is 0 Å². The molecule has 0 atom stereocenters. The highest BCUT2D eigenvalue weighted by Crippen LogP contribution is 2.34. The summed E-state index contributed by atoms with van der Waals surface area (Å²) in [5, 5.41) is 7.13. The van der Waals surface area contributed by atoms with Crippen LogP contribution in [0.15, 0.2) is 0 Å². The van der Waals surface area contributed by atoms with E-state index in [0.717, 1.165) is 25.7 Å². The van der Waals surface area contributed by atoms with Gasteiger partial charge in [0.1, 0.15) is 13.2 Å². The van der Waals surface area contributed by atoms with Gasteiger partial charge in [-0.3, -0.25) is 9.59 Å². The highest BCUT2D eigenvalue weighted by Gasteiger charge is 2.42. The molecule has 0 unspecified atom stereocenters. The van der Waals surface area contributed by atoms with Crippen molar-refractivity contribution in [3.8, 4) is 0 Å². The predicted molar refractivity (Wildman–Crippen MR) is 110 cm³/mol. The van der Waals surface area contributed by atoms with Crippen molar-refractivity contribution in [1.29, 1.82) is 0 Å². The molecule has 0 aromatic rings. The van der Waals surface area contributed by atoms with Crippen LogP contribution in [0.4, 0.5) is 0 Å². The molecule has 0 aliphatic carbocycles. The summed E-state index contributed by atoms with van der Waals surface area (Å²) in [7, 11) is 0. The molecule has 2 heterocycles. The van der Waals surface area contributed by atoms with E-state index in [2.05, 4.69) is 66.0 Å². The van der Waals surface area contributed by atoms with E-state index in [1.165, 1.54) is 0 Å². The fourth-order valence-corrected chi connectivity index (χ4v) is 5.50. The highest BCUT2D eigenvalue weighted by molar-refractivity contribution is 5.74. The lowest BCUT2D eigenvalue weighted by Gasteiger charge is -2.45. The zero-order valence-corrected chi connectivity index (χ0v) is 19.0. The van der Waals surface area contributed by atoms with Gasteiger partial charge in [-0.05, 0) is 81.1 Å². The van der Waals surface area contributed by atoms with E-state index in [-0.39, 0.29) is 59.1 Å². The maximum Gasteiger partial charge on any atom is 0.309 e. The van der Waals surface area contributed by atoms with Crippen LogP contribution in [-0.4, -0.2) is 47.3 Å². The number of esters is 2. The Morgan fingerprint density at radius 3 is 1.14 bits per heavy atom. The van der Waals surface area contributed by atoms with Crippen LogP contribution in [0.5, 0.6) is 0 Å². The Hall–Kier alpha value is -1.14. The molecule has 2 aliphatic rings. The Morgan fingerprint density at radius 2 is 0.893 bits per heavy atom. The normalized spacial score (nSPS) is 26.4. The zero-order valence-electron chi connectivity index (χ0n) is 19.0. The van der Waals surface area contributed by atoms with Crippen molar-refractivity contribution in [2.24, 2.45) is 11.8 Å². The number of ether oxygens (including phenoxy) is 2. The largest absolute Gasteiger partial charge is 0.462 e. The lowest BCUT2D eigenvalue weighted by Crippen LogP contribution is -2.59. The van der Waals surface area contributed by atoms with Crippen LogP contribution in [-0.2, 0) is 19.1 Å². The van der Waals surface area contributed by atoms with E-state index in [0.29, 0.717) is 0 Å². The average molecular weight is 397 g/mol. The fraction of sp³-hybridized carbons (Fsp3) is 0.909. The minimum Gasteiger partial charge on any atom is -0.462 e. The minimum atomic E-state index is -0.192. The number of hydrogen-bond acceptors (Lipinski definition) is 6. The van der Waals surface area contributed by atoms with E-state index in [1.54, 1.807) is 0 Å². The molecule has 0 radical (unpaired) electrons. The summed E-state index contributed by atoms with van der Waals surface area (Å²) in [6.45, 7) is 17.1. The monoisotopic (exact) mass is 396 g/mol.